The highest BCUT2D eigenvalue weighted by Crippen LogP contribution is 2.75. The number of carbonyl (C=O) groups excluding carboxylic acids is 1. The summed E-state index contributed by atoms with van der Waals surface area (Å²) in [7, 11) is 1.45. The van der Waals surface area contributed by atoms with E-state index in [1.54, 1.807) is 18.2 Å². The van der Waals surface area contributed by atoms with Gasteiger partial charge in [0.15, 0.2) is 11.6 Å². The molecule has 22 heavy (non-hydrogen) atoms. The lowest BCUT2D eigenvalue weighted by atomic mass is 9.81. The van der Waals surface area contributed by atoms with Crippen molar-refractivity contribution in [3.05, 3.63) is 29.6 Å². The molecule has 2 aliphatic carbocycles. The Kier molecular flexibility index (Phi) is 2.98. The molecule has 0 bridgehead atoms. The van der Waals surface area contributed by atoms with E-state index in [2.05, 4.69) is 5.32 Å². The van der Waals surface area contributed by atoms with Gasteiger partial charge in [-0.15, -0.1) is 0 Å². The molecule has 1 aromatic rings. The minimum absolute atomic E-state index is 0.0848. The zero-order chi connectivity index (χ0) is 15.4. The normalized spacial score (nSPS) is 31.1. The molecule has 5 heteroatoms. The van der Waals surface area contributed by atoms with Gasteiger partial charge >= 0.3 is 0 Å². The van der Waals surface area contributed by atoms with Crippen molar-refractivity contribution in [2.45, 2.75) is 31.2 Å². The molecule has 0 spiro atoms. The Morgan fingerprint density at radius 2 is 2.05 bits per heavy atom. The van der Waals surface area contributed by atoms with E-state index in [1.807, 2.05) is 0 Å². The molecule has 0 atom stereocenters. The van der Waals surface area contributed by atoms with E-state index in [0.29, 0.717) is 37.5 Å². The van der Waals surface area contributed by atoms with Gasteiger partial charge in [0.2, 0.25) is 5.91 Å². The van der Waals surface area contributed by atoms with Crippen molar-refractivity contribution >= 4 is 5.91 Å². The molecule has 1 N–H and O–H groups in total. The van der Waals surface area contributed by atoms with Gasteiger partial charge in [-0.25, -0.2) is 4.39 Å². The number of methoxy groups -OCH3 is 1. The predicted octanol–water partition coefficient (Wildman–Crippen LogP) is 2.37. The first kappa shape index (κ1) is 14.0. The maximum atomic E-state index is 14.8. The third kappa shape index (κ3) is 1.95. The van der Waals surface area contributed by atoms with Crippen LogP contribution < -0.4 is 10.1 Å². The number of carbonyl (C=O) groups is 1. The zero-order valence-corrected chi connectivity index (χ0v) is 12.7. The van der Waals surface area contributed by atoms with E-state index < -0.39 is 5.54 Å². The summed E-state index contributed by atoms with van der Waals surface area (Å²) in [5, 5.41) is 3.17. The number of halogens is 1. The number of hydrogen-bond acceptors (Lipinski definition) is 3. The van der Waals surface area contributed by atoms with E-state index >= 15 is 0 Å². The first-order valence-electron chi connectivity index (χ1n) is 7.85. The third-order valence-electron chi connectivity index (χ3n) is 5.53. The highest BCUT2D eigenvalue weighted by Gasteiger charge is 2.75. The Morgan fingerprint density at radius 3 is 2.64 bits per heavy atom. The van der Waals surface area contributed by atoms with Crippen LogP contribution in [-0.2, 0) is 15.1 Å². The molecular formula is C17H20FNO3. The van der Waals surface area contributed by atoms with E-state index in [-0.39, 0.29) is 22.9 Å². The zero-order valence-electron chi connectivity index (χ0n) is 12.7. The number of rotatable bonds is 4. The number of amides is 1. The van der Waals surface area contributed by atoms with Gasteiger partial charge in [0.05, 0.1) is 18.1 Å². The van der Waals surface area contributed by atoms with Crippen LogP contribution in [0.1, 0.15) is 31.2 Å². The van der Waals surface area contributed by atoms with Crippen LogP contribution in [0.4, 0.5) is 4.39 Å². The van der Waals surface area contributed by atoms with Crippen LogP contribution in [0.5, 0.6) is 5.75 Å². The second-order valence-corrected chi connectivity index (χ2v) is 6.73. The number of nitrogens with one attached hydrogen (secondary N) is 1. The number of hydrogen-bond donors (Lipinski definition) is 1. The van der Waals surface area contributed by atoms with Crippen molar-refractivity contribution < 1.29 is 18.7 Å². The third-order valence-corrected chi connectivity index (χ3v) is 5.53. The monoisotopic (exact) mass is 305 g/mol. The van der Waals surface area contributed by atoms with Gasteiger partial charge in [-0.3, -0.25) is 4.79 Å². The summed E-state index contributed by atoms with van der Waals surface area (Å²) >= 11 is 0. The Bertz CT molecular complexity index is 618. The van der Waals surface area contributed by atoms with Gasteiger partial charge < -0.3 is 14.8 Å². The lowest BCUT2D eigenvalue weighted by molar-refractivity contribution is -0.127. The van der Waals surface area contributed by atoms with Crippen molar-refractivity contribution in [3.63, 3.8) is 0 Å². The van der Waals surface area contributed by atoms with E-state index in [0.717, 1.165) is 12.8 Å². The maximum absolute atomic E-state index is 14.8. The largest absolute Gasteiger partial charge is 0.494 e. The maximum Gasteiger partial charge on any atom is 0.227 e. The van der Waals surface area contributed by atoms with E-state index in [9.17, 15) is 9.18 Å². The fraction of sp³-hybridized carbons (Fsp3) is 0.588. The Morgan fingerprint density at radius 1 is 1.36 bits per heavy atom. The second-order valence-electron chi connectivity index (χ2n) is 6.73. The van der Waals surface area contributed by atoms with Gasteiger partial charge in [-0.05, 0) is 37.7 Å². The van der Waals surface area contributed by atoms with Crippen molar-refractivity contribution in [1.82, 2.24) is 5.32 Å². The number of fused-ring (bicyclic) bond motifs is 1. The van der Waals surface area contributed by atoms with E-state index in [4.69, 9.17) is 9.47 Å². The molecule has 2 saturated carbocycles. The summed E-state index contributed by atoms with van der Waals surface area (Å²) in [6, 6.07) is 5.12. The Balaban J connectivity index is 1.69. The number of ether oxygens (including phenoxy) is 2. The van der Waals surface area contributed by atoms with Crippen LogP contribution in [-0.4, -0.2) is 26.2 Å². The molecule has 4 rings (SSSR count). The molecule has 0 unspecified atom stereocenters. The van der Waals surface area contributed by atoms with Crippen molar-refractivity contribution in [1.29, 1.82) is 0 Å². The standard InChI is InChI=1S/C17H20FNO3/c1-21-13-4-2-3-12(14(13)18)17(5-7-22-8-6-17)19-15(20)16-9-11(16)10-16/h2-4,11H,5-10H2,1H3,(H,19,20). The van der Waals surface area contributed by atoms with Crippen molar-refractivity contribution in [2.24, 2.45) is 11.3 Å². The molecule has 1 aliphatic heterocycles. The summed E-state index contributed by atoms with van der Waals surface area (Å²) in [6.07, 6.45) is 3.16. The van der Waals surface area contributed by atoms with Crippen LogP contribution in [0, 0.1) is 17.2 Å². The molecule has 3 aliphatic rings. The smallest absolute Gasteiger partial charge is 0.227 e. The van der Waals surface area contributed by atoms with Crippen LogP contribution in [0.15, 0.2) is 18.2 Å². The summed E-state index contributed by atoms with van der Waals surface area (Å²) < 4.78 is 25.3. The topological polar surface area (TPSA) is 47.6 Å². The Labute approximate surface area is 129 Å². The summed E-state index contributed by atoms with van der Waals surface area (Å²) in [5.74, 6) is 0.487. The fourth-order valence-corrected chi connectivity index (χ4v) is 3.63. The predicted molar refractivity (Wildman–Crippen MR) is 78.0 cm³/mol. The molecule has 0 radical (unpaired) electrons. The van der Waals surface area contributed by atoms with Crippen LogP contribution in [0.2, 0.25) is 0 Å². The molecule has 1 saturated heterocycles. The second kappa shape index (κ2) is 4.69. The Hall–Kier alpha value is -1.62. The summed E-state index contributed by atoms with van der Waals surface area (Å²) in [4.78, 5) is 12.6. The van der Waals surface area contributed by atoms with Crippen LogP contribution >= 0.6 is 0 Å². The SMILES string of the molecule is COc1cccc(C2(NC(=O)C34CC3C4)CCOCC2)c1F. The average Bonchev–Trinajstić information content (AvgIpc) is 3.38. The van der Waals surface area contributed by atoms with Gasteiger partial charge in [0.1, 0.15) is 0 Å². The van der Waals surface area contributed by atoms with Gasteiger partial charge in [-0.1, -0.05) is 12.1 Å². The molecule has 1 heterocycles. The first-order chi connectivity index (χ1) is 10.6. The summed E-state index contributed by atoms with van der Waals surface area (Å²) in [5.41, 5.74) is -0.295. The van der Waals surface area contributed by atoms with Gasteiger partial charge in [0, 0.05) is 18.8 Å². The van der Waals surface area contributed by atoms with Crippen molar-refractivity contribution in [3.8, 4) is 5.75 Å². The molecule has 118 valence electrons. The molecule has 1 aromatic carbocycles. The first-order valence-corrected chi connectivity index (χ1v) is 7.85. The minimum Gasteiger partial charge on any atom is -0.494 e. The molecule has 0 aromatic heterocycles. The van der Waals surface area contributed by atoms with Crippen LogP contribution in [0.3, 0.4) is 0 Å². The lowest BCUT2D eigenvalue weighted by Crippen LogP contribution is -2.51. The van der Waals surface area contributed by atoms with Gasteiger partial charge in [0.25, 0.3) is 0 Å². The average molecular weight is 305 g/mol. The fourth-order valence-electron chi connectivity index (χ4n) is 3.63. The van der Waals surface area contributed by atoms with E-state index in [1.165, 1.54) is 7.11 Å². The molecule has 4 nitrogen and oxygen atoms in total. The highest BCUT2D eigenvalue weighted by atomic mass is 19.1. The molecule has 3 fully saturated rings. The highest BCUT2D eigenvalue weighted by molar-refractivity contribution is 5.90. The van der Waals surface area contributed by atoms with Crippen molar-refractivity contribution in [2.75, 3.05) is 20.3 Å². The minimum atomic E-state index is -0.682. The van der Waals surface area contributed by atoms with Crippen LogP contribution in [0.25, 0.3) is 0 Å². The van der Waals surface area contributed by atoms with Gasteiger partial charge in [-0.2, -0.15) is 0 Å². The summed E-state index contributed by atoms with van der Waals surface area (Å²) in [6.45, 7) is 1.04. The molecular weight excluding hydrogens is 285 g/mol. The quantitative estimate of drug-likeness (QED) is 0.929. The number of benzene rings is 1. The molecule has 1 amide bonds. The lowest BCUT2D eigenvalue weighted by Gasteiger charge is -2.39.